The molecular weight excluding hydrogens is 409 g/mol. The van der Waals surface area contributed by atoms with E-state index in [1.165, 1.54) is 12.1 Å². The molecule has 0 aliphatic carbocycles. The highest BCUT2D eigenvalue weighted by atomic mass is 19.1. The van der Waals surface area contributed by atoms with Crippen molar-refractivity contribution in [2.45, 2.75) is 19.0 Å². The molecule has 3 aromatic rings. The minimum atomic E-state index is -0.249. The van der Waals surface area contributed by atoms with Crippen LogP contribution in [0, 0.1) is 11.7 Å². The smallest absolute Gasteiger partial charge is 0.225 e. The Balaban J connectivity index is 1.43. The number of fused-ring (bicyclic) bond motifs is 3. The van der Waals surface area contributed by atoms with Crippen molar-refractivity contribution in [3.8, 4) is 5.75 Å². The van der Waals surface area contributed by atoms with Crippen molar-refractivity contribution in [2.75, 3.05) is 36.5 Å². The summed E-state index contributed by atoms with van der Waals surface area (Å²) in [5, 5.41) is 3.05. The topological polar surface area (TPSA) is 58.0 Å². The number of anilines is 2. The van der Waals surface area contributed by atoms with Gasteiger partial charge in [-0.15, -0.1) is 0 Å². The number of carbonyl (C=O) groups is 1. The second kappa shape index (κ2) is 8.57. The van der Waals surface area contributed by atoms with E-state index in [9.17, 15) is 9.18 Å². The zero-order valence-corrected chi connectivity index (χ0v) is 18.0. The molecule has 1 amide bonds. The van der Waals surface area contributed by atoms with Crippen LogP contribution in [0.3, 0.4) is 0 Å². The maximum Gasteiger partial charge on any atom is 0.225 e. The largest absolute Gasteiger partial charge is 0.497 e. The van der Waals surface area contributed by atoms with E-state index in [1.54, 1.807) is 25.5 Å². The predicted octanol–water partition coefficient (Wildman–Crippen LogP) is 3.61. The van der Waals surface area contributed by atoms with E-state index in [1.807, 2.05) is 18.2 Å². The zero-order valence-electron chi connectivity index (χ0n) is 18.0. The number of furan rings is 1. The van der Waals surface area contributed by atoms with Gasteiger partial charge in [0.1, 0.15) is 17.3 Å². The summed E-state index contributed by atoms with van der Waals surface area (Å²) in [5.74, 6) is 1.09. The van der Waals surface area contributed by atoms with Crippen LogP contribution in [0.1, 0.15) is 11.3 Å². The number of rotatable bonds is 5. The van der Waals surface area contributed by atoms with Crippen molar-refractivity contribution >= 4 is 17.3 Å². The first kappa shape index (κ1) is 20.4. The molecule has 1 fully saturated rings. The van der Waals surface area contributed by atoms with Gasteiger partial charge in [-0.2, -0.15) is 0 Å². The summed E-state index contributed by atoms with van der Waals surface area (Å²) in [7, 11) is 1.67. The van der Waals surface area contributed by atoms with Crippen molar-refractivity contribution in [3.05, 3.63) is 78.0 Å². The number of nitrogens with zero attached hydrogens (tertiary/aromatic N) is 2. The van der Waals surface area contributed by atoms with Gasteiger partial charge >= 0.3 is 0 Å². The molecule has 2 aromatic carbocycles. The molecule has 166 valence electrons. The number of hydrogen-bond acceptors (Lipinski definition) is 5. The fourth-order valence-electron chi connectivity index (χ4n) is 4.81. The Morgan fingerprint density at radius 3 is 2.78 bits per heavy atom. The number of benzene rings is 2. The first-order valence-corrected chi connectivity index (χ1v) is 10.9. The van der Waals surface area contributed by atoms with E-state index >= 15 is 0 Å². The van der Waals surface area contributed by atoms with Gasteiger partial charge in [0.05, 0.1) is 31.9 Å². The van der Waals surface area contributed by atoms with Crippen LogP contribution >= 0.6 is 0 Å². The van der Waals surface area contributed by atoms with Crippen LogP contribution in [0.2, 0.25) is 0 Å². The molecule has 0 bridgehead atoms. The minimum absolute atomic E-state index is 0.00925. The van der Waals surface area contributed by atoms with Gasteiger partial charge in [-0.25, -0.2) is 4.39 Å². The van der Waals surface area contributed by atoms with Crippen molar-refractivity contribution < 1.29 is 18.3 Å². The third-order valence-corrected chi connectivity index (χ3v) is 6.47. The number of ether oxygens (including phenoxy) is 1. The molecule has 7 heteroatoms. The van der Waals surface area contributed by atoms with E-state index in [4.69, 9.17) is 9.15 Å². The summed E-state index contributed by atoms with van der Waals surface area (Å²) in [6.45, 7) is 2.61. The Labute approximate surface area is 186 Å². The number of piperazine rings is 1. The summed E-state index contributed by atoms with van der Waals surface area (Å²) >= 11 is 0. The molecule has 0 saturated carbocycles. The minimum Gasteiger partial charge on any atom is -0.497 e. The molecule has 6 nitrogen and oxygen atoms in total. The van der Waals surface area contributed by atoms with E-state index in [0.29, 0.717) is 19.5 Å². The highest BCUT2D eigenvalue weighted by Crippen LogP contribution is 2.39. The van der Waals surface area contributed by atoms with Crippen molar-refractivity contribution in [2.24, 2.45) is 5.92 Å². The Morgan fingerprint density at radius 2 is 2.03 bits per heavy atom. The lowest BCUT2D eigenvalue weighted by Gasteiger charge is -2.49. The van der Waals surface area contributed by atoms with Gasteiger partial charge in [0.15, 0.2) is 0 Å². The standard InChI is InChI=1S/C25H26FN3O3/c1-31-20-9-4-17-13-22(25(30)27-15-21-3-2-12-32-21)24-16-28(10-11-29(24)23(17)14-20)19-7-5-18(26)6-8-19/h2-9,12,14,22,24H,10-11,13,15-16H2,1H3,(H,27,30)/t22-,24+/m1/s1. The SMILES string of the molecule is COc1ccc2c(c1)N1CCN(c3ccc(F)cc3)C[C@H]1[C@H](C(=O)NCc1ccco1)C2. The fourth-order valence-corrected chi connectivity index (χ4v) is 4.81. The molecule has 0 spiro atoms. The maximum absolute atomic E-state index is 13.4. The number of nitrogens with one attached hydrogen (secondary N) is 1. The molecule has 2 aliphatic heterocycles. The number of carbonyl (C=O) groups excluding carboxylic acids is 1. The van der Waals surface area contributed by atoms with Gasteiger partial charge in [0.2, 0.25) is 5.91 Å². The summed E-state index contributed by atoms with van der Waals surface area (Å²) in [5.41, 5.74) is 3.25. The molecule has 32 heavy (non-hydrogen) atoms. The quantitative estimate of drug-likeness (QED) is 0.664. The lowest BCUT2D eigenvalue weighted by Crippen LogP contribution is -2.61. The molecule has 2 atom stereocenters. The number of methoxy groups -OCH3 is 1. The van der Waals surface area contributed by atoms with Gasteiger partial charge in [-0.05, 0) is 54.4 Å². The first-order chi connectivity index (χ1) is 15.6. The molecule has 5 rings (SSSR count). The normalized spacial score (nSPS) is 19.8. The third-order valence-electron chi connectivity index (χ3n) is 6.47. The van der Waals surface area contributed by atoms with Gasteiger partial charge in [-0.1, -0.05) is 6.07 Å². The molecule has 1 aromatic heterocycles. The molecule has 1 N–H and O–H groups in total. The van der Waals surface area contributed by atoms with Gasteiger partial charge in [0.25, 0.3) is 0 Å². The van der Waals surface area contributed by atoms with Gasteiger partial charge in [0, 0.05) is 37.1 Å². The average molecular weight is 435 g/mol. The Hall–Kier alpha value is -3.48. The van der Waals surface area contributed by atoms with Gasteiger partial charge in [-0.3, -0.25) is 4.79 Å². The van der Waals surface area contributed by atoms with E-state index < -0.39 is 0 Å². The summed E-state index contributed by atoms with van der Waals surface area (Å²) in [4.78, 5) is 17.9. The molecule has 3 heterocycles. The zero-order chi connectivity index (χ0) is 22.1. The molecular formula is C25H26FN3O3. The molecule has 2 aliphatic rings. The number of amides is 1. The fraction of sp³-hybridized carbons (Fsp3) is 0.320. The predicted molar refractivity (Wildman–Crippen MR) is 120 cm³/mol. The van der Waals surface area contributed by atoms with Crippen LogP contribution < -0.4 is 19.9 Å². The van der Waals surface area contributed by atoms with Crippen LogP contribution in [0.15, 0.2) is 65.3 Å². The highest BCUT2D eigenvalue weighted by Gasteiger charge is 2.41. The second-order valence-corrected chi connectivity index (χ2v) is 8.29. The summed E-state index contributed by atoms with van der Waals surface area (Å²) in [6, 6.07) is 16.3. The number of halogens is 1. The lowest BCUT2D eigenvalue weighted by molar-refractivity contribution is -0.126. The van der Waals surface area contributed by atoms with E-state index in [2.05, 4.69) is 27.2 Å². The van der Waals surface area contributed by atoms with Crippen LogP contribution in [-0.4, -0.2) is 38.7 Å². The monoisotopic (exact) mass is 435 g/mol. The van der Waals surface area contributed by atoms with Crippen molar-refractivity contribution in [1.29, 1.82) is 0 Å². The first-order valence-electron chi connectivity index (χ1n) is 10.9. The Kier molecular flexibility index (Phi) is 5.47. The Morgan fingerprint density at radius 1 is 1.19 bits per heavy atom. The van der Waals surface area contributed by atoms with Crippen LogP contribution in [0.25, 0.3) is 0 Å². The summed E-state index contributed by atoms with van der Waals surface area (Å²) < 4.78 is 24.2. The molecule has 1 saturated heterocycles. The maximum atomic E-state index is 13.4. The lowest BCUT2D eigenvalue weighted by atomic mass is 9.83. The summed E-state index contributed by atoms with van der Waals surface area (Å²) in [6.07, 6.45) is 2.26. The van der Waals surface area contributed by atoms with Gasteiger partial charge < -0.3 is 24.3 Å². The molecule has 0 radical (unpaired) electrons. The average Bonchev–Trinajstić information content (AvgIpc) is 3.35. The van der Waals surface area contributed by atoms with Crippen LogP contribution in [0.5, 0.6) is 5.75 Å². The van der Waals surface area contributed by atoms with Crippen LogP contribution in [-0.2, 0) is 17.8 Å². The molecule has 0 unspecified atom stereocenters. The Bertz CT molecular complexity index is 1080. The van der Waals surface area contributed by atoms with Crippen LogP contribution in [0.4, 0.5) is 15.8 Å². The van der Waals surface area contributed by atoms with Crippen molar-refractivity contribution in [3.63, 3.8) is 0 Å². The second-order valence-electron chi connectivity index (χ2n) is 8.29. The van der Waals surface area contributed by atoms with E-state index in [-0.39, 0.29) is 23.7 Å². The highest BCUT2D eigenvalue weighted by molar-refractivity contribution is 5.82. The third kappa shape index (κ3) is 3.90. The van der Waals surface area contributed by atoms with Crippen molar-refractivity contribution in [1.82, 2.24) is 5.32 Å². The number of hydrogen-bond donors (Lipinski definition) is 1. The van der Waals surface area contributed by atoms with E-state index in [0.717, 1.165) is 41.5 Å².